The van der Waals surface area contributed by atoms with Crippen molar-refractivity contribution in [3.63, 3.8) is 0 Å². The van der Waals surface area contributed by atoms with Crippen LogP contribution in [0.5, 0.6) is 0 Å². The van der Waals surface area contributed by atoms with E-state index in [1.54, 1.807) is 60.7 Å². The number of benzene rings is 3. The molecule has 0 unspecified atom stereocenters. The van der Waals surface area contributed by atoms with Crippen LogP contribution in [0.2, 0.25) is 0 Å². The van der Waals surface area contributed by atoms with Gasteiger partial charge in [-0.2, -0.15) is 0 Å². The van der Waals surface area contributed by atoms with Crippen molar-refractivity contribution in [2.24, 2.45) is 0 Å². The van der Waals surface area contributed by atoms with Gasteiger partial charge in [0.25, 0.3) is 5.91 Å². The molecule has 0 aliphatic rings. The summed E-state index contributed by atoms with van der Waals surface area (Å²) in [7, 11) is -3.63. The molecule has 0 heterocycles. The molecule has 0 aromatic heterocycles. The van der Waals surface area contributed by atoms with Crippen LogP contribution in [0.15, 0.2) is 90.6 Å². The maximum atomic E-state index is 12.2. The summed E-state index contributed by atoms with van der Waals surface area (Å²) < 4.78 is 0. The molecule has 4 nitrogen and oxygen atoms in total. The van der Waals surface area contributed by atoms with Gasteiger partial charge in [-0.3, -0.25) is 4.79 Å². The van der Waals surface area contributed by atoms with E-state index in [1.807, 2.05) is 30.3 Å². The van der Waals surface area contributed by atoms with Gasteiger partial charge in [-0.05, 0) is 40.7 Å². The van der Waals surface area contributed by atoms with Crippen molar-refractivity contribution in [2.45, 2.75) is 0 Å². The highest BCUT2D eigenvalue weighted by Crippen LogP contribution is 2.14. The van der Waals surface area contributed by atoms with Crippen LogP contribution in [0.4, 0.5) is 5.69 Å². The lowest BCUT2D eigenvalue weighted by atomic mass is 10.2. The average Bonchev–Trinajstić information content (AvgIpc) is 2.68. The number of rotatable bonds is 5. The molecule has 0 saturated heterocycles. The molecule has 0 bridgehead atoms. The lowest BCUT2D eigenvalue weighted by Gasteiger charge is -2.13. The Balaban J connectivity index is 1.74. The summed E-state index contributed by atoms with van der Waals surface area (Å²) in [6.07, 6.45) is 1.66. The summed E-state index contributed by atoms with van der Waals surface area (Å²) in [6, 6.07) is 25.0. The summed E-state index contributed by atoms with van der Waals surface area (Å²) >= 11 is 0. The van der Waals surface area contributed by atoms with Gasteiger partial charge in [-0.25, -0.2) is 0 Å². The van der Waals surface area contributed by atoms with Crippen LogP contribution in [0.1, 0.15) is 15.9 Å². The van der Waals surface area contributed by atoms with Gasteiger partial charge >= 0.3 is 8.56 Å². The van der Waals surface area contributed by atoms with Crippen LogP contribution in [0.25, 0.3) is 6.08 Å². The molecule has 0 aliphatic carbocycles. The fraction of sp³-hybridized carbons (Fsp3) is 0. The molecule has 0 saturated carbocycles. The number of anilines is 1. The maximum Gasteiger partial charge on any atom is 0.394 e. The normalized spacial score (nSPS) is 11.5. The molecule has 130 valence electrons. The largest absolute Gasteiger partial charge is 0.404 e. The fourth-order valence-electron chi connectivity index (χ4n) is 2.50. The Hall–Kier alpha value is -2.99. The molecule has 0 spiro atoms. The molecular formula is C21H19NO3Si. The monoisotopic (exact) mass is 361 g/mol. The second-order valence-corrected chi connectivity index (χ2v) is 8.23. The minimum atomic E-state index is -3.63. The molecule has 0 fully saturated rings. The first-order chi connectivity index (χ1) is 12.5. The first kappa shape index (κ1) is 17.8. The minimum absolute atomic E-state index is 0.191. The first-order valence-corrected chi connectivity index (χ1v) is 10.2. The van der Waals surface area contributed by atoms with Gasteiger partial charge in [0, 0.05) is 11.3 Å². The molecule has 5 heteroatoms. The Morgan fingerprint density at radius 2 is 1.50 bits per heavy atom. The molecular weight excluding hydrogens is 342 g/mol. The lowest BCUT2D eigenvalue weighted by Crippen LogP contribution is -2.46. The number of carbonyl (C=O) groups excluding carboxylic acids is 1. The third-order valence-corrected chi connectivity index (χ3v) is 5.70. The van der Waals surface area contributed by atoms with E-state index in [-0.39, 0.29) is 5.91 Å². The number of hydrogen-bond acceptors (Lipinski definition) is 3. The third-order valence-electron chi connectivity index (χ3n) is 3.89. The van der Waals surface area contributed by atoms with E-state index < -0.39 is 8.56 Å². The fourth-order valence-corrected chi connectivity index (χ4v) is 3.81. The van der Waals surface area contributed by atoms with Gasteiger partial charge in [-0.15, -0.1) is 0 Å². The van der Waals surface area contributed by atoms with Gasteiger partial charge in [0.1, 0.15) is 0 Å². The van der Waals surface area contributed by atoms with E-state index in [4.69, 9.17) is 0 Å². The highest BCUT2D eigenvalue weighted by Gasteiger charge is 2.28. The number of carbonyl (C=O) groups is 1. The third kappa shape index (κ3) is 4.55. The van der Waals surface area contributed by atoms with Crippen LogP contribution < -0.4 is 10.5 Å². The van der Waals surface area contributed by atoms with Gasteiger partial charge in [0.05, 0.1) is 0 Å². The molecule has 0 radical (unpaired) electrons. The Bertz CT molecular complexity index is 909. The van der Waals surface area contributed by atoms with Crippen molar-refractivity contribution < 1.29 is 14.4 Å². The molecule has 3 N–H and O–H groups in total. The Morgan fingerprint density at radius 3 is 2.19 bits per heavy atom. The van der Waals surface area contributed by atoms with Gasteiger partial charge < -0.3 is 14.9 Å². The lowest BCUT2D eigenvalue weighted by molar-refractivity contribution is 0.102. The van der Waals surface area contributed by atoms with E-state index >= 15 is 0 Å². The van der Waals surface area contributed by atoms with Crippen molar-refractivity contribution in [2.75, 3.05) is 5.32 Å². The Kier molecular flexibility index (Phi) is 5.43. The van der Waals surface area contributed by atoms with Crippen molar-refractivity contribution >= 4 is 31.4 Å². The number of amides is 1. The van der Waals surface area contributed by atoms with E-state index in [2.05, 4.69) is 5.32 Å². The highest BCUT2D eigenvalue weighted by atomic mass is 28.4. The van der Waals surface area contributed by atoms with Crippen LogP contribution in [-0.2, 0) is 0 Å². The Labute approximate surface area is 153 Å². The van der Waals surface area contributed by atoms with E-state index in [9.17, 15) is 14.4 Å². The average molecular weight is 361 g/mol. The van der Waals surface area contributed by atoms with Crippen molar-refractivity contribution in [3.8, 4) is 0 Å². The van der Waals surface area contributed by atoms with Crippen molar-refractivity contribution in [1.82, 2.24) is 0 Å². The van der Waals surface area contributed by atoms with Crippen molar-refractivity contribution in [1.29, 1.82) is 0 Å². The minimum Gasteiger partial charge on any atom is -0.404 e. The van der Waals surface area contributed by atoms with E-state index in [1.165, 1.54) is 5.70 Å². The standard InChI is InChI=1S/C21H19NO3Si/c23-21(18-9-3-1-4-10-18)22-19-11-7-8-17(16-19)14-15-26(24,25)20-12-5-2-6-13-20/h1-16,24-25H,(H,22,23). The molecule has 0 atom stereocenters. The summed E-state index contributed by atoms with van der Waals surface area (Å²) in [4.78, 5) is 32.9. The summed E-state index contributed by atoms with van der Waals surface area (Å²) in [5.41, 5.74) is 3.44. The topological polar surface area (TPSA) is 69.6 Å². The molecule has 3 aromatic carbocycles. The summed E-state index contributed by atoms with van der Waals surface area (Å²) in [6.45, 7) is 0. The van der Waals surface area contributed by atoms with Crippen molar-refractivity contribution in [3.05, 3.63) is 102 Å². The molecule has 0 aliphatic heterocycles. The van der Waals surface area contributed by atoms with Crippen LogP contribution in [0.3, 0.4) is 0 Å². The Morgan fingerprint density at radius 1 is 0.846 bits per heavy atom. The van der Waals surface area contributed by atoms with Gasteiger partial charge in [0.15, 0.2) is 0 Å². The quantitative estimate of drug-likeness (QED) is 0.612. The zero-order valence-corrected chi connectivity index (χ0v) is 15.0. The zero-order chi connectivity index (χ0) is 18.4. The number of hydrogen-bond donors (Lipinski definition) is 3. The summed E-state index contributed by atoms with van der Waals surface area (Å²) in [5, 5.41) is 3.36. The van der Waals surface area contributed by atoms with E-state index in [0.717, 1.165) is 5.56 Å². The number of nitrogens with one attached hydrogen (secondary N) is 1. The van der Waals surface area contributed by atoms with Crippen LogP contribution in [0, 0.1) is 0 Å². The van der Waals surface area contributed by atoms with Gasteiger partial charge in [-0.1, -0.05) is 66.7 Å². The van der Waals surface area contributed by atoms with E-state index in [0.29, 0.717) is 16.4 Å². The summed E-state index contributed by atoms with van der Waals surface area (Å²) in [5.74, 6) is -0.191. The molecule has 1 amide bonds. The highest BCUT2D eigenvalue weighted by molar-refractivity contribution is 6.83. The molecule has 3 aromatic rings. The molecule has 3 rings (SSSR count). The predicted octanol–water partition coefficient (Wildman–Crippen LogP) is 2.83. The van der Waals surface area contributed by atoms with Crippen LogP contribution in [-0.4, -0.2) is 24.1 Å². The van der Waals surface area contributed by atoms with Crippen LogP contribution >= 0.6 is 0 Å². The second kappa shape index (κ2) is 7.92. The zero-order valence-electron chi connectivity index (χ0n) is 14.0. The second-order valence-electron chi connectivity index (χ2n) is 5.87. The molecule has 26 heavy (non-hydrogen) atoms. The van der Waals surface area contributed by atoms with Gasteiger partial charge in [0.2, 0.25) is 0 Å². The SMILES string of the molecule is O=C(Nc1cccc(C=C[Si](O)(O)c2ccccc2)c1)c1ccccc1. The maximum absolute atomic E-state index is 12.2. The first-order valence-electron chi connectivity index (χ1n) is 8.20. The smallest absolute Gasteiger partial charge is 0.394 e. The predicted molar refractivity (Wildman–Crippen MR) is 106 cm³/mol.